The quantitative estimate of drug-likeness (QED) is 0.469. The van der Waals surface area contributed by atoms with E-state index in [1.165, 1.54) is 27.8 Å². The molecule has 3 aromatic rings. The molecule has 2 heterocycles. The summed E-state index contributed by atoms with van der Waals surface area (Å²) in [5, 5.41) is 0. The smallest absolute Gasteiger partial charge is 0.251 e. The normalized spacial score (nSPS) is 15.8. The largest absolute Gasteiger partial charge is 0.493 e. The average Bonchev–Trinajstić information content (AvgIpc) is 3.19. The van der Waals surface area contributed by atoms with Gasteiger partial charge in [-0.2, -0.15) is 9.30 Å². The van der Waals surface area contributed by atoms with Crippen molar-refractivity contribution in [3.05, 3.63) is 47.0 Å². The van der Waals surface area contributed by atoms with Crippen LogP contribution in [0.25, 0.3) is 10.2 Å². The number of ether oxygens (including phenoxy) is 2. The lowest BCUT2D eigenvalue weighted by Gasteiger charge is -2.29. The van der Waals surface area contributed by atoms with Gasteiger partial charge in [0.05, 0.1) is 35.9 Å². The molecule has 0 spiro atoms. The molecule has 0 atom stereocenters. The minimum absolute atomic E-state index is 0.0276. The van der Waals surface area contributed by atoms with Crippen molar-refractivity contribution in [3.8, 4) is 23.8 Å². The number of sulfonamides is 1. The van der Waals surface area contributed by atoms with E-state index in [2.05, 4.69) is 10.9 Å². The number of amides is 1. The maximum absolute atomic E-state index is 13.2. The van der Waals surface area contributed by atoms with E-state index in [9.17, 15) is 17.6 Å². The zero-order chi connectivity index (χ0) is 25.2. The van der Waals surface area contributed by atoms with E-state index in [0.717, 1.165) is 22.3 Å². The number of benzene rings is 2. The number of piperidine rings is 1. The van der Waals surface area contributed by atoms with Crippen LogP contribution in [0.5, 0.6) is 11.5 Å². The lowest BCUT2D eigenvalue weighted by molar-refractivity contribution is -0.122. The molecular weight excluding hydrogens is 493 g/mol. The Bertz CT molecular complexity index is 1460. The number of carbonyl (C=O) groups excluding carboxylic acids is 1. The first-order valence-electron chi connectivity index (χ1n) is 10.8. The Kier molecular flexibility index (Phi) is 7.25. The highest BCUT2D eigenvalue weighted by molar-refractivity contribution is 7.89. The predicted molar refractivity (Wildman–Crippen MR) is 130 cm³/mol. The van der Waals surface area contributed by atoms with E-state index >= 15 is 0 Å². The van der Waals surface area contributed by atoms with Crippen LogP contribution < -0.4 is 14.3 Å². The summed E-state index contributed by atoms with van der Waals surface area (Å²) in [6, 6.07) is 8.33. The van der Waals surface area contributed by atoms with Crippen LogP contribution in [0.15, 0.2) is 46.3 Å². The number of rotatable bonds is 6. The molecule has 11 heteroatoms. The van der Waals surface area contributed by atoms with Crippen LogP contribution in [-0.2, 0) is 21.4 Å². The number of carbonyl (C=O) groups is 1. The minimum atomic E-state index is -3.75. The molecule has 35 heavy (non-hydrogen) atoms. The van der Waals surface area contributed by atoms with E-state index < -0.39 is 21.8 Å². The number of methoxy groups -OCH3 is 2. The highest BCUT2D eigenvalue weighted by atomic mass is 32.2. The van der Waals surface area contributed by atoms with Gasteiger partial charge in [-0.05, 0) is 37.1 Å². The van der Waals surface area contributed by atoms with E-state index in [0.29, 0.717) is 29.1 Å². The minimum Gasteiger partial charge on any atom is -0.493 e. The molecule has 1 aliphatic heterocycles. The molecule has 0 aliphatic carbocycles. The van der Waals surface area contributed by atoms with Gasteiger partial charge in [0.15, 0.2) is 16.3 Å². The van der Waals surface area contributed by atoms with Crippen molar-refractivity contribution in [2.45, 2.75) is 24.3 Å². The van der Waals surface area contributed by atoms with Gasteiger partial charge in [-0.15, -0.1) is 6.42 Å². The number of fused-ring (bicyclic) bond motifs is 1. The number of thiazole rings is 1. The van der Waals surface area contributed by atoms with Crippen LogP contribution in [0.3, 0.4) is 0 Å². The Morgan fingerprint density at radius 1 is 1.17 bits per heavy atom. The summed E-state index contributed by atoms with van der Waals surface area (Å²) < 4.78 is 53.5. The van der Waals surface area contributed by atoms with Gasteiger partial charge in [-0.1, -0.05) is 17.3 Å². The van der Waals surface area contributed by atoms with Crippen molar-refractivity contribution in [2.75, 3.05) is 27.3 Å². The number of terminal acetylenes is 1. The Morgan fingerprint density at radius 2 is 1.80 bits per heavy atom. The number of hydrogen-bond acceptors (Lipinski definition) is 6. The van der Waals surface area contributed by atoms with Crippen LogP contribution in [0.2, 0.25) is 0 Å². The number of halogens is 1. The monoisotopic (exact) mass is 517 g/mol. The number of aromatic nitrogens is 1. The van der Waals surface area contributed by atoms with Gasteiger partial charge in [0.2, 0.25) is 10.0 Å². The highest BCUT2D eigenvalue weighted by Crippen LogP contribution is 2.33. The molecule has 8 nitrogen and oxygen atoms in total. The Labute approximate surface area is 206 Å². The molecule has 2 aromatic carbocycles. The van der Waals surface area contributed by atoms with Crippen LogP contribution in [0.1, 0.15) is 12.8 Å². The first kappa shape index (κ1) is 24.9. The molecule has 184 valence electrons. The van der Waals surface area contributed by atoms with Crippen LogP contribution in [0, 0.1) is 24.1 Å². The molecule has 0 radical (unpaired) electrons. The highest BCUT2D eigenvalue weighted by Gasteiger charge is 2.32. The predicted octanol–water partition coefficient (Wildman–Crippen LogP) is 3.02. The first-order valence-corrected chi connectivity index (χ1v) is 13.1. The maximum atomic E-state index is 13.2. The van der Waals surface area contributed by atoms with Crippen molar-refractivity contribution >= 4 is 37.5 Å². The van der Waals surface area contributed by atoms with Crippen molar-refractivity contribution < 1.29 is 27.1 Å². The molecule has 0 bridgehead atoms. The fourth-order valence-corrected chi connectivity index (χ4v) is 6.53. The summed E-state index contributed by atoms with van der Waals surface area (Å²) in [6.07, 6.45) is 6.24. The van der Waals surface area contributed by atoms with E-state index in [-0.39, 0.29) is 30.4 Å². The average molecular weight is 518 g/mol. The van der Waals surface area contributed by atoms with Gasteiger partial charge in [0, 0.05) is 31.1 Å². The van der Waals surface area contributed by atoms with E-state index in [1.54, 1.807) is 24.9 Å². The molecule has 0 saturated carbocycles. The Morgan fingerprint density at radius 3 is 2.40 bits per heavy atom. The number of hydrogen-bond donors (Lipinski definition) is 0. The summed E-state index contributed by atoms with van der Waals surface area (Å²) in [6.45, 7) is 0.573. The topological polar surface area (TPSA) is 90.2 Å². The summed E-state index contributed by atoms with van der Waals surface area (Å²) in [5.74, 6) is 2.45. The van der Waals surface area contributed by atoms with Crippen molar-refractivity contribution in [3.63, 3.8) is 0 Å². The second kappa shape index (κ2) is 10.2. The molecule has 1 aliphatic rings. The second-order valence-corrected chi connectivity index (χ2v) is 10.9. The molecule has 1 aromatic heterocycles. The zero-order valence-electron chi connectivity index (χ0n) is 19.2. The SMILES string of the molecule is C#CCn1c(=NC(=O)C2CCN(S(=O)(=O)c3ccc(F)cc3)CC2)sc2cc(OC)c(OC)cc21. The van der Waals surface area contributed by atoms with Crippen LogP contribution in [0.4, 0.5) is 4.39 Å². The van der Waals surface area contributed by atoms with Gasteiger partial charge in [-0.25, -0.2) is 12.8 Å². The lowest BCUT2D eigenvalue weighted by Crippen LogP contribution is -2.40. The molecule has 4 rings (SSSR count). The zero-order valence-corrected chi connectivity index (χ0v) is 20.9. The summed E-state index contributed by atoms with van der Waals surface area (Å²) >= 11 is 1.32. The molecule has 0 unspecified atom stereocenters. The van der Waals surface area contributed by atoms with E-state index in [4.69, 9.17) is 15.9 Å². The third-order valence-corrected chi connectivity index (χ3v) is 8.85. The number of nitrogens with zero attached hydrogens (tertiary/aromatic N) is 3. The summed E-state index contributed by atoms with van der Waals surface area (Å²) in [7, 11) is -0.668. The summed E-state index contributed by atoms with van der Waals surface area (Å²) in [5.41, 5.74) is 0.775. The van der Waals surface area contributed by atoms with Crippen LogP contribution >= 0.6 is 11.3 Å². The van der Waals surface area contributed by atoms with Crippen LogP contribution in [-0.4, -0.2) is 50.5 Å². The fraction of sp³-hybridized carbons (Fsp3) is 0.333. The van der Waals surface area contributed by atoms with Gasteiger partial charge in [0.1, 0.15) is 5.82 Å². The molecular formula is C24H24FN3O5S2. The molecule has 0 N–H and O–H groups in total. The van der Waals surface area contributed by atoms with Crippen molar-refractivity contribution in [2.24, 2.45) is 10.9 Å². The summed E-state index contributed by atoms with van der Waals surface area (Å²) in [4.78, 5) is 17.9. The third kappa shape index (κ3) is 4.96. The molecule has 1 fully saturated rings. The first-order chi connectivity index (χ1) is 16.8. The van der Waals surface area contributed by atoms with Gasteiger partial charge < -0.3 is 14.0 Å². The Hall–Kier alpha value is -3.20. The fourth-order valence-electron chi connectivity index (χ4n) is 4.01. The lowest BCUT2D eigenvalue weighted by atomic mass is 9.98. The van der Waals surface area contributed by atoms with Gasteiger partial charge >= 0.3 is 0 Å². The third-order valence-electron chi connectivity index (χ3n) is 5.90. The molecule has 1 saturated heterocycles. The maximum Gasteiger partial charge on any atom is 0.251 e. The van der Waals surface area contributed by atoms with Crippen molar-refractivity contribution in [1.82, 2.24) is 8.87 Å². The standard InChI is InChI=1S/C24H24FN3O5S2/c1-4-11-28-19-14-20(32-2)21(33-3)15-22(19)34-24(28)26-23(29)16-9-12-27(13-10-16)35(30,31)18-7-5-17(25)6-8-18/h1,5-8,14-16H,9-13H2,2-3H3. The van der Waals surface area contributed by atoms with E-state index in [1.807, 2.05) is 6.07 Å². The molecule has 1 amide bonds. The van der Waals surface area contributed by atoms with Crippen molar-refractivity contribution in [1.29, 1.82) is 0 Å². The Balaban J connectivity index is 1.57. The van der Waals surface area contributed by atoms with Gasteiger partial charge in [-0.3, -0.25) is 4.79 Å². The van der Waals surface area contributed by atoms with Gasteiger partial charge in [0.25, 0.3) is 5.91 Å². The second-order valence-electron chi connectivity index (χ2n) is 7.93.